The zero-order valence-corrected chi connectivity index (χ0v) is 12.8. The van der Waals surface area contributed by atoms with Gasteiger partial charge in [-0.15, -0.1) is 0 Å². The van der Waals surface area contributed by atoms with Crippen molar-refractivity contribution in [3.05, 3.63) is 39.8 Å². The van der Waals surface area contributed by atoms with E-state index in [9.17, 15) is 0 Å². The maximum Gasteiger partial charge on any atom is 0.225 e. The standard InChI is InChI=1S/C15H20N4S/c1-11-13(7-16-14-3-4-14)8-17-15(18-11)19(2)9-12-5-6-20-10-12/h5-6,8,10,14,16H,3-4,7,9H2,1-2H3. The van der Waals surface area contributed by atoms with Gasteiger partial charge in [0, 0.05) is 43.6 Å². The third-order valence-electron chi connectivity index (χ3n) is 3.57. The van der Waals surface area contributed by atoms with Crippen molar-refractivity contribution in [2.75, 3.05) is 11.9 Å². The van der Waals surface area contributed by atoms with Gasteiger partial charge in [0.15, 0.2) is 0 Å². The van der Waals surface area contributed by atoms with Gasteiger partial charge in [0.05, 0.1) is 0 Å². The van der Waals surface area contributed by atoms with Gasteiger partial charge < -0.3 is 10.2 Å². The average molecular weight is 288 g/mol. The average Bonchev–Trinajstić information content (AvgIpc) is 3.13. The Balaban J connectivity index is 1.65. The molecule has 106 valence electrons. The Hall–Kier alpha value is -1.46. The lowest BCUT2D eigenvalue weighted by atomic mass is 10.2. The molecule has 5 heteroatoms. The lowest BCUT2D eigenvalue weighted by Gasteiger charge is -2.17. The Bertz CT molecular complexity index is 563. The van der Waals surface area contributed by atoms with E-state index in [1.807, 2.05) is 13.2 Å². The first kappa shape index (κ1) is 13.5. The second-order valence-corrected chi connectivity index (χ2v) is 6.20. The van der Waals surface area contributed by atoms with Crippen molar-refractivity contribution in [3.63, 3.8) is 0 Å². The number of rotatable bonds is 6. The molecule has 0 spiro atoms. The summed E-state index contributed by atoms with van der Waals surface area (Å²) in [6.45, 7) is 3.79. The summed E-state index contributed by atoms with van der Waals surface area (Å²) in [4.78, 5) is 11.2. The molecule has 1 aliphatic rings. The maximum atomic E-state index is 4.63. The summed E-state index contributed by atoms with van der Waals surface area (Å²) in [6.07, 6.45) is 4.57. The van der Waals surface area contributed by atoms with E-state index in [1.54, 1.807) is 11.3 Å². The van der Waals surface area contributed by atoms with Crippen LogP contribution in [0.5, 0.6) is 0 Å². The predicted octanol–water partition coefficient (Wildman–Crippen LogP) is 2.73. The topological polar surface area (TPSA) is 41.1 Å². The molecule has 1 fully saturated rings. The van der Waals surface area contributed by atoms with Gasteiger partial charge in [-0.2, -0.15) is 11.3 Å². The monoisotopic (exact) mass is 288 g/mol. The van der Waals surface area contributed by atoms with Crippen LogP contribution in [0, 0.1) is 6.92 Å². The Morgan fingerprint density at radius 3 is 2.95 bits per heavy atom. The van der Waals surface area contributed by atoms with E-state index >= 15 is 0 Å². The molecule has 0 atom stereocenters. The Morgan fingerprint density at radius 2 is 2.30 bits per heavy atom. The molecule has 2 aromatic heterocycles. The lowest BCUT2D eigenvalue weighted by molar-refractivity contribution is 0.678. The van der Waals surface area contributed by atoms with E-state index in [4.69, 9.17) is 0 Å². The smallest absolute Gasteiger partial charge is 0.225 e. The summed E-state index contributed by atoms with van der Waals surface area (Å²) >= 11 is 1.72. The van der Waals surface area contributed by atoms with Crippen molar-refractivity contribution in [2.24, 2.45) is 0 Å². The van der Waals surface area contributed by atoms with E-state index in [0.29, 0.717) is 0 Å². The van der Waals surface area contributed by atoms with Crippen molar-refractivity contribution >= 4 is 17.3 Å². The molecule has 2 aromatic rings. The van der Waals surface area contributed by atoms with Crippen LogP contribution in [-0.4, -0.2) is 23.1 Å². The molecule has 0 aromatic carbocycles. The van der Waals surface area contributed by atoms with Gasteiger partial charge in [-0.05, 0) is 42.2 Å². The molecule has 1 N–H and O–H groups in total. The summed E-state index contributed by atoms with van der Waals surface area (Å²) in [5.41, 5.74) is 3.57. The van der Waals surface area contributed by atoms with Crippen molar-refractivity contribution < 1.29 is 0 Å². The SMILES string of the molecule is Cc1nc(N(C)Cc2ccsc2)ncc1CNC1CC1. The number of aryl methyl sites for hydroxylation is 1. The van der Waals surface area contributed by atoms with Gasteiger partial charge in [0.1, 0.15) is 0 Å². The van der Waals surface area contributed by atoms with Gasteiger partial charge in [0.25, 0.3) is 0 Å². The van der Waals surface area contributed by atoms with E-state index < -0.39 is 0 Å². The molecule has 20 heavy (non-hydrogen) atoms. The molecule has 2 heterocycles. The maximum absolute atomic E-state index is 4.63. The molecular formula is C15H20N4S. The number of aromatic nitrogens is 2. The molecule has 0 unspecified atom stereocenters. The first-order chi connectivity index (χ1) is 9.72. The van der Waals surface area contributed by atoms with E-state index in [2.05, 4.69) is 43.9 Å². The molecule has 3 rings (SSSR count). The molecule has 0 bridgehead atoms. The fourth-order valence-electron chi connectivity index (χ4n) is 2.11. The highest BCUT2D eigenvalue weighted by Gasteiger charge is 2.20. The quantitative estimate of drug-likeness (QED) is 0.887. The molecular weight excluding hydrogens is 268 g/mol. The molecule has 0 radical (unpaired) electrons. The van der Waals surface area contributed by atoms with Crippen molar-refractivity contribution in [1.29, 1.82) is 0 Å². The van der Waals surface area contributed by atoms with Gasteiger partial charge in [-0.1, -0.05) is 0 Å². The van der Waals surface area contributed by atoms with E-state index in [-0.39, 0.29) is 0 Å². The summed E-state index contributed by atoms with van der Waals surface area (Å²) in [7, 11) is 2.04. The summed E-state index contributed by atoms with van der Waals surface area (Å²) in [6, 6.07) is 2.86. The highest BCUT2D eigenvalue weighted by atomic mass is 32.1. The van der Waals surface area contributed by atoms with Crippen LogP contribution in [0.15, 0.2) is 23.0 Å². The van der Waals surface area contributed by atoms with Crippen molar-refractivity contribution in [3.8, 4) is 0 Å². The number of anilines is 1. The normalized spacial score (nSPS) is 14.5. The zero-order chi connectivity index (χ0) is 13.9. The van der Waals surface area contributed by atoms with Crippen LogP contribution in [0.3, 0.4) is 0 Å². The minimum atomic E-state index is 0.718. The Kier molecular flexibility index (Phi) is 3.98. The van der Waals surface area contributed by atoms with Crippen LogP contribution < -0.4 is 10.2 Å². The van der Waals surface area contributed by atoms with Gasteiger partial charge in [-0.25, -0.2) is 9.97 Å². The molecule has 4 nitrogen and oxygen atoms in total. The fourth-order valence-corrected chi connectivity index (χ4v) is 2.77. The van der Waals surface area contributed by atoms with Gasteiger partial charge in [0.2, 0.25) is 5.95 Å². The summed E-state index contributed by atoms with van der Waals surface area (Å²) in [5, 5.41) is 7.77. The fraction of sp³-hybridized carbons (Fsp3) is 0.467. The second kappa shape index (κ2) is 5.89. The van der Waals surface area contributed by atoms with Crippen LogP contribution in [0.1, 0.15) is 29.7 Å². The molecule has 0 amide bonds. The van der Waals surface area contributed by atoms with Gasteiger partial charge in [-0.3, -0.25) is 0 Å². The molecule has 0 saturated heterocycles. The van der Waals surface area contributed by atoms with Gasteiger partial charge >= 0.3 is 0 Å². The second-order valence-electron chi connectivity index (χ2n) is 5.42. The minimum Gasteiger partial charge on any atom is -0.340 e. The summed E-state index contributed by atoms with van der Waals surface area (Å²) in [5.74, 6) is 0.795. The minimum absolute atomic E-state index is 0.718. The highest BCUT2D eigenvalue weighted by molar-refractivity contribution is 7.07. The first-order valence-corrected chi connectivity index (χ1v) is 7.95. The molecule has 1 aliphatic carbocycles. The third kappa shape index (κ3) is 3.35. The number of nitrogens with one attached hydrogen (secondary N) is 1. The van der Waals surface area contributed by atoms with Crippen LogP contribution >= 0.6 is 11.3 Å². The predicted molar refractivity (Wildman–Crippen MR) is 83.1 cm³/mol. The number of nitrogens with zero attached hydrogens (tertiary/aromatic N) is 3. The largest absolute Gasteiger partial charge is 0.340 e. The number of thiophene rings is 1. The first-order valence-electron chi connectivity index (χ1n) is 7.00. The van der Waals surface area contributed by atoms with Crippen molar-refractivity contribution in [2.45, 2.75) is 38.9 Å². The highest BCUT2D eigenvalue weighted by Crippen LogP contribution is 2.20. The lowest BCUT2D eigenvalue weighted by Crippen LogP contribution is -2.21. The summed E-state index contributed by atoms with van der Waals surface area (Å²) < 4.78 is 0. The van der Waals surface area contributed by atoms with Crippen LogP contribution in [0.2, 0.25) is 0 Å². The van der Waals surface area contributed by atoms with Crippen LogP contribution in [0.25, 0.3) is 0 Å². The third-order valence-corrected chi connectivity index (χ3v) is 4.30. The van der Waals surface area contributed by atoms with E-state index in [0.717, 1.165) is 30.8 Å². The molecule has 1 saturated carbocycles. The van der Waals surface area contributed by atoms with Crippen LogP contribution in [-0.2, 0) is 13.1 Å². The number of hydrogen-bond acceptors (Lipinski definition) is 5. The van der Waals surface area contributed by atoms with Crippen LogP contribution in [0.4, 0.5) is 5.95 Å². The van der Waals surface area contributed by atoms with Crippen molar-refractivity contribution in [1.82, 2.24) is 15.3 Å². The number of hydrogen-bond donors (Lipinski definition) is 1. The Morgan fingerprint density at radius 1 is 1.45 bits per heavy atom. The molecule has 0 aliphatic heterocycles. The zero-order valence-electron chi connectivity index (χ0n) is 12.0. The van der Waals surface area contributed by atoms with E-state index in [1.165, 1.54) is 24.0 Å². The Labute approximate surface area is 123 Å².